The molecule has 0 bridgehead atoms. The van der Waals surface area contributed by atoms with Gasteiger partial charge in [0.25, 0.3) is 0 Å². The lowest BCUT2D eigenvalue weighted by atomic mass is 10.0. The first-order valence-electron chi connectivity index (χ1n) is 6.21. The molecular formula is C15H19NOS. The van der Waals surface area contributed by atoms with E-state index in [0.717, 1.165) is 5.75 Å². The molecule has 96 valence electrons. The second-order valence-electron chi connectivity index (χ2n) is 4.16. The van der Waals surface area contributed by atoms with Gasteiger partial charge in [-0.15, -0.1) is 11.3 Å². The zero-order valence-electron chi connectivity index (χ0n) is 11.1. The van der Waals surface area contributed by atoms with Gasteiger partial charge >= 0.3 is 0 Å². The van der Waals surface area contributed by atoms with Crippen molar-refractivity contribution in [3.05, 3.63) is 51.7 Å². The molecule has 0 aliphatic carbocycles. The fraction of sp³-hybridized carbons (Fsp3) is 0.333. The number of hydrogen-bond donors (Lipinski definition) is 1. The molecule has 1 unspecified atom stereocenters. The highest BCUT2D eigenvalue weighted by atomic mass is 32.1. The summed E-state index contributed by atoms with van der Waals surface area (Å²) in [5.74, 6) is 0.965. The number of benzene rings is 1. The van der Waals surface area contributed by atoms with E-state index in [0.29, 0.717) is 6.61 Å². The summed E-state index contributed by atoms with van der Waals surface area (Å²) in [6.45, 7) is 4.86. The molecule has 3 heteroatoms. The van der Waals surface area contributed by atoms with E-state index in [9.17, 15) is 0 Å². The Hall–Kier alpha value is -1.32. The highest BCUT2D eigenvalue weighted by molar-refractivity contribution is 7.10. The number of thiophene rings is 1. The third-order valence-electron chi connectivity index (χ3n) is 2.98. The van der Waals surface area contributed by atoms with Crippen LogP contribution in [-0.4, -0.2) is 13.7 Å². The lowest BCUT2D eigenvalue weighted by Crippen LogP contribution is -2.18. The Morgan fingerprint density at radius 3 is 2.67 bits per heavy atom. The number of ether oxygens (including phenoxy) is 1. The van der Waals surface area contributed by atoms with Crippen LogP contribution in [0.5, 0.6) is 5.75 Å². The summed E-state index contributed by atoms with van der Waals surface area (Å²) >= 11 is 1.79. The van der Waals surface area contributed by atoms with Crippen molar-refractivity contribution in [2.45, 2.75) is 19.9 Å². The van der Waals surface area contributed by atoms with Crippen molar-refractivity contribution >= 4 is 11.3 Å². The first-order valence-corrected chi connectivity index (χ1v) is 7.08. The van der Waals surface area contributed by atoms with Crippen molar-refractivity contribution in [3.8, 4) is 5.75 Å². The third kappa shape index (κ3) is 2.57. The van der Waals surface area contributed by atoms with Crippen molar-refractivity contribution in [2.75, 3.05) is 13.7 Å². The second-order valence-corrected chi connectivity index (χ2v) is 5.11. The van der Waals surface area contributed by atoms with Crippen LogP contribution in [0.15, 0.2) is 35.7 Å². The standard InChI is InChI=1S/C15H19NOS/c1-4-17-13-8-6-5-7-12(13)14(16-3)15-11(2)9-10-18-15/h5-10,14,16H,4H2,1-3H3. The minimum Gasteiger partial charge on any atom is -0.494 e. The van der Waals surface area contributed by atoms with E-state index in [1.165, 1.54) is 16.0 Å². The fourth-order valence-electron chi connectivity index (χ4n) is 2.11. The first kappa shape index (κ1) is 13.1. The lowest BCUT2D eigenvalue weighted by Gasteiger charge is -2.19. The topological polar surface area (TPSA) is 21.3 Å². The van der Waals surface area contributed by atoms with Gasteiger partial charge in [-0.05, 0) is 44.0 Å². The fourth-order valence-corrected chi connectivity index (χ4v) is 3.17. The maximum absolute atomic E-state index is 5.72. The Bertz CT molecular complexity index is 507. The summed E-state index contributed by atoms with van der Waals surface area (Å²) in [6, 6.07) is 10.6. The van der Waals surface area contributed by atoms with Crippen molar-refractivity contribution in [2.24, 2.45) is 0 Å². The van der Waals surface area contributed by atoms with Crippen molar-refractivity contribution in [1.82, 2.24) is 5.32 Å². The quantitative estimate of drug-likeness (QED) is 0.884. The molecule has 2 aromatic rings. The zero-order chi connectivity index (χ0) is 13.0. The Labute approximate surface area is 113 Å². The molecule has 2 rings (SSSR count). The van der Waals surface area contributed by atoms with Gasteiger partial charge < -0.3 is 10.1 Å². The van der Waals surface area contributed by atoms with Gasteiger partial charge in [0.15, 0.2) is 0 Å². The third-order valence-corrected chi connectivity index (χ3v) is 4.07. The Kier molecular flexibility index (Phi) is 4.39. The first-order chi connectivity index (χ1) is 8.77. The minimum atomic E-state index is 0.202. The Balaban J connectivity index is 2.42. The van der Waals surface area contributed by atoms with E-state index < -0.39 is 0 Å². The van der Waals surface area contributed by atoms with Crippen LogP contribution in [0.2, 0.25) is 0 Å². The number of para-hydroxylation sites is 1. The molecule has 18 heavy (non-hydrogen) atoms. The van der Waals surface area contributed by atoms with Crippen LogP contribution in [0.3, 0.4) is 0 Å². The minimum absolute atomic E-state index is 0.202. The van der Waals surface area contributed by atoms with Gasteiger partial charge in [0.1, 0.15) is 5.75 Å². The predicted molar refractivity (Wildman–Crippen MR) is 77.6 cm³/mol. The van der Waals surface area contributed by atoms with Crippen LogP contribution in [0.4, 0.5) is 0 Å². The Morgan fingerprint density at radius 1 is 1.28 bits per heavy atom. The lowest BCUT2D eigenvalue weighted by molar-refractivity contribution is 0.334. The number of aryl methyl sites for hydroxylation is 1. The van der Waals surface area contributed by atoms with Crippen LogP contribution in [0, 0.1) is 6.92 Å². The van der Waals surface area contributed by atoms with Crippen LogP contribution >= 0.6 is 11.3 Å². The molecule has 0 radical (unpaired) electrons. The normalized spacial score (nSPS) is 12.4. The van der Waals surface area contributed by atoms with Crippen LogP contribution in [0.1, 0.15) is 29.0 Å². The molecular weight excluding hydrogens is 242 g/mol. The zero-order valence-corrected chi connectivity index (χ0v) is 11.9. The van der Waals surface area contributed by atoms with E-state index in [-0.39, 0.29) is 6.04 Å². The summed E-state index contributed by atoms with van der Waals surface area (Å²) in [5.41, 5.74) is 2.53. The summed E-state index contributed by atoms with van der Waals surface area (Å²) in [6.07, 6.45) is 0. The number of nitrogens with one attached hydrogen (secondary N) is 1. The molecule has 0 saturated carbocycles. The summed E-state index contributed by atoms with van der Waals surface area (Å²) in [4.78, 5) is 1.35. The van der Waals surface area contributed by atoms with Gasteiger partial charge in [-0.25, -0.2) is 0 Å². The van der Waals surface area contributed by atoms with Crippen LogP contribution in [-0.2, 0) is 0 Å². The van der Waals surface area contributed by atoms with Gasteiger partial charge in [-0.1, -0.05) is 18.2 Å². The number of hydrogen-bond acceptors (Lipinski definition) is 3. The highest BCUT2D eigenvalue weighted by Crippen LogP contribution is 2.34. The SMILES string of the molecule is CCOc1ccccc1C(NC)c1sccc1C. The number of rotatable bonds is 5. The average Bonchev–Trinajstić information content (AvgIpc) is 2.79. The monoisotopic (exact) mass is 261 g/mol. The van der Waals surface area contributed by atoms with Gasteiger partial charge in [0, 0.05) is 10.4 Å². The van der Waals surface area contributed by atoms with E-state index in [2.05, 4.69) is 35.8 Å². The highest BCUT2D eigenvalue weighted by Gasteiger charge is 2.18. The Morgan fingerprint density at radius 2 is 2.06 bits per heavy atom. The molecule has 1 atom stereocenters. The molecule has 2 nitrogen and oxygen atoms in total. The molecule has 1 heterocycles. The van der Waals surface area contributed by atoms with E-state index >= 15 is 0 Å². The van der Waals surface area contributed by atoms with Gasteiger partial charge in [-0.2, -0.15) is 0 Å². The maximum atomic E-state index is 5.72. The van der Waals surface area contributed by atoms with Crippen LogP contribution in [0.25, 0.3) is 0 Å². The van der Waals surface area contributed by atoms with Crippen molar-refractivity contribution < 1.29 is 4.74 Å². The summed E-state index contributed by atoms with van der Waals surface area (Å²) in [7, 11) is 1.99. The van der Waals surface area contributed by atoms with Crippen molar-refractivity contribution in [3.63, 3.8) is 0 Å². The van der Waals surface area contributed by atoms with Gasteiger partial charge in [0.2, 0.25) is 0 Å². The van der Waals surface area contributed by atoms with Gasteiger partial charge in [-0.3, -0.25) is 0 Å². The molecule has 0 aliphatic rings. The smallest absolute Gasteiger partial charge is 0.124 e. The molecule has 1 aromatic carbocycles. The molecule has 0 aliphatic heterocycles. The van der Waals surface area contributed by atoms with Crippen LogP contribution < -0.4 is 10.1 Å². The average molecular weight is 261 g/mol. The second kappa shape index (κ2) is 6.03. The maximum Gasteiger partial charge on any atom is 0.124 e. The molecule has 0 saturated heterocycles. The van der Waals surface area contributed by atoms with E-state index in [1.54, 1.807) is 11.3 Å². The van der Waals surface area contributed by atoms with Gasteiger partial charge in [0.05, 0.1) is 12.6 Å². The summed E-state index contributed by atoms with van der Waals surface area (Å²) in [5, 5.41) is 5.53. The molecule has 0 amide bonds. The summed E-state index contributed by atoms with van der Waals surface area (Å²) < 4.78 is 5.72. The van der Waals surface area contributed by atoms with E-state index in [4.69, 9.17) is 4.74 Å². The molecule has 1 N–H and O–H groups in total. The molecule has 0 spiro atoms. The predicted octanol–water partition coefficient (Wildman–Crippen LogP) is 3.76. The van der Waals surface area contributed by atoms with Crippen molar-refractivity contribution in [1.29, 1.82) is 0 Å². The van der Waals surface area contributed by atoms with E-state index in [1.807, 2.05) is 26.1 Å². The largest absolute Gasteiger partial charge is 0.494 e. The molecule has 0 fully saturated rings. The molecule has 1 aromatic heterocycles.